The number of esters is 1. The summed E-state index contributed by atoms with van der Waals surface area (Å²) in [6, 6.07) is 4.13. The number of carbonyl (C=O) groups is 1. The van der Waals surface area contributed by atoms with Crippen molar-refractivity contribution in [1.29, 1.82) is 5.26 Å². The van der Waals surface area contributed by atoms with Crippen molar-refractivity contribution in [3.8, 4) is 6.07 Å². The van der Waals surface area contributed by atoms with Crippen molar-refractivity contribution >= 4 is 36.1 Å². The summed E-state index contributed by atoms with van der Waals surface area (Å²) in [5.41, 5.74) is 2.91. The van der Waals surface area contributed by atoms with E-state index in [1.54, 1.807) is 13.0 Å². The van der Waals surface area contributed by atoms with Gasteiger partial charge in [0, 0.05) is 23.3 Å². The van der Waals surface area contributed by atoms with E-state index in [2.05, 4.69) is 24.8 Å². The van der Waals surface area contributed by atoms with Crippen molar-refractivity contribution in [2.45, 2.75) is 20.8 Å². The molecule has 0 N–H and O–H groups in total. The third-order valence-electron chi connectivity index (χ3n) is 2.58. The molecule has 6 heteroatoms. The first-order chi connectivity index (χ1) is 10.5. The number of hydrogen-bond donors (Lipinski definition) is 1. The average molecular weight is 335 g/mol. The first-order valence-electron chi connectivity index (χ1n) is 6.75. The highest BCUT2D eigenvalue weighted by Gasteiger charge is 2.14. The standard InChI is InChI=1S/C16H18N2O2S2/c1-4-20-15(19)6-5-14(16(21)22-8-7-17)18-10-12(2)9-13(3)11-18/h5-6,9-11H,4,8H2,1-3H3/p+1. The predicted molar refractivity (Wildman–Crippen MR) is 92.2 cm³/mol. The predicted octanol–water partition coefficient (Wildman–Crippen LogP) is 3.02. The molecule has 0 bridgehead atoms. The van der Waals surface area contributed by atoms with Crippen molar-refractivity contribution < 1.29 is 14.1 Å². The molecule has 0 saturated carbocycles. The molecule has 0 aliphatic heterocycles. The molecule has 1 rings (SSSR count). The van der Waals surface area contributed by atoms with Gasteiger partial charge in [-0.2, -0.15) is 9.83 Å². The zero-order valence-electron chi connectivity index (χ0n) is 12.9. The number of hydrogen-bond acceptors (Lipinski definition) is 5. The molecular weight excluding hydrogens is 316 g/mol. The summed E-state index contributed by atoms with van der Waals surface area (Å²) in [4.78, 5) is 11.5. The number of aryl methyl sites for hydroxylation is 2. The van der Waals surface area contributed by atoms with Crippen LogP contribution in [-0.2, 0) is 9.53 Å². The zero-order valence-corrected chi connectivity index (χ0v) is 14.6. The molecule has 0 atom stereocenters. The maximum Gasteiger partial charge on any atom is 0.330 e. The van der Waals surface area contributed by atoms with Gasteiger partial charge in [0.1, 0.15) is 4.24 Å². The second kappa shape index (κ2) is 9.34. The molecule has 0 fully saturated rings. The molecule has 1 aromatic heterocycles. The maximum absolute atomic E-state index is 11.5. The molecule has 4 nitrogen and oxygen atoms in total. The molecule has 0 aromatic carbocycles. The number of allylic oxidation sites excluding steroid dienone is 2. The van der Waals surface area contributed by atoms with Crippen LogP contribution < -0.4 is 4.57 Å². The van der Waals surface area contributed by atoms with Crippen LogP contribution in [0, 0.1) is 25.2 Å². The Kier molecular flexibility index (Phi) is 7.78. The normalized spacial score (nSPS) is 12.0. The Bertz CT molecular complexity index is 626. The summed E-state index contributed by atoms with van der Waals surface area (Å²) >= 11 is 5.78. The lowest BCUT2D eigenvalue weighted by molar-refractivity contribution is -0.579. The summed E-state index contributed by atoms with van der Waals surface area (Å²) in [6.45, 7) is 6.08. The number of thioether (sulfide) groups is 1. The lowest BCUT2D eigenvalue weighted by atomic mass is 10.2. The van der Waals surface area contributed by atoms with Crippen LogP contribution in [0.3, 0.4) is 0 Å². The minimum Gasteiger partial charge on any atom is -0.463 e. The van der Waals surface area contributed by atoms with Crippen LogP contribution >= 0.6 is 24.4 Å². The Hall–Kier alpha value is -1.71. The number of nitriles is 1. The lowest BCUT2D eigenvalue weighted by Crippen LogP contribution is -2.32. The smallest absolute Gasteiger partial charge is 0.330 e. The first-order valence-corrected chi connectivity index (χ1v) is 8.19. The van der Waals surface area contributed by atoms with Gasteiger partial charge < -0.3 is 4.74 Å². The zero-order chi connectivity index (χ0) is 16.5. The van der Waals surface area contributed by atoms with Gasteiger partial charge in [-0.05, 0) is 26.8 Å². The van der Waals surface area contributed by atoms with E-state index in [0.29, 0.717) is 16.6 Å². The molecule has 1 heterocycles. The Morgan fingerprint density at radius 3 is 2.59 bits per heavy atom. The molecule has 0 aliphatic carbocycles. The quantitative estimate of drug-likeness (QED) is 0.285. The van der Waals surface area contributed by atoms with Gasteiger partial charge in [0.2, 0.25) is 5.70 Å². The largest absolute Gasteiger partial charge is 0.463 e. The first kappa shape index (κ1) is 18.3. The molecular formula is C16H19N2O2S2+. The minimum absolute atomic E-state index is 0.293. The fraction of sp³-hybridized carbons (Fsp3) is 0.312. The van der Waals surface area contributed by atoms with Gasteiger partial charge in [0.05, 0.1) is 18.4 Å². The molecule has 1 aromatic rings. The van der Waals surface area contributed by atoms with Crippen molar-refractivity contribution in [3.63, 3.8) is 0 Å². The van der Waals surface area contributed by atoms with Gasteiger partial charge in [-0.25, -0.2) is 4.79 Å². The second-order valence-electron chi connectivity index (χ2n) is 4.52. The molecule has 0 radical (unpaired) electrons. The Balaban J connectivity index is 3.22. The summed E-state index contributed by atoms with van der Waals surface area (Å²) < 4.78 is 7.45. The Labute approximate surface area is 140 Å². The van der Waals surface area contributed by atoms with Gasteiger partial charge in [-0.1, -0.05) is 11.8 Å². The van der Waals surface area contributed by atoms with E-state index in [1.807, 2.05) is 30.8 Å². The summed E-state index contributed by atoms with van der Waals surface area (Å²) in [7, 11) is 0. The van der Waals surface area contributed by atoms with Crippen molar-refractivity contribution in [2.24, 2.45) is 0 Å². The number of ether oxygens (including phenoxy) is 1. The number of pyridine rings is 1. The number of nitrogens with zero attached hydrogens (tertiary/aromatic N) is 2. The monoisotopic (exact) mass is 335 g/mol. The molecule has 116 valence electrons. The molecule has 22 heavy (non-hydrogen) atoms. The summed E-state index contributed by atoms with van der Waals surface area (Å²) in [5.74, 6) is -0.114. The molecule has 0 amide bonds. The highest BCUT2D eigenvalue weighted by atomic mass is 32.2. The van der Waals surface area contributed by atoms with Gasteiger partial charge >= 0.3 is 5.97 Å². The van der Waals surface area contributed by atoms with E-state index >= 15 is 0 Å². The van der Waals surface area contributed by atoms with Crippen LogP contribution in [0.4, 0.5) is 0 Å². The number of thiol groups is 1. The van der Waals surface area contributed by atoms with Crippen molar-refractivity contribution in [1.82, 2.24) is 0 Å². The Morgan fingerprint density at radius 1 is 1.41 bits per heavy atom. The van der Waals surface area contributed by atoms with E-state index < -0.39 is 5.97 Å². The van der Waals surface area contributed by atoms with E-state index in [0.717, 1.165) is 16.8 Å². The summed E-state index contributed by atoms with van der Waals surface area (Å²) in [5, 5.41) is 8.72. The van der Waals surface area contributed by atoms with Crippen LogP contribution in [0.15, 0.2) is 34.8 Å². The van der Waals surface area contributed by atoms with Crippen LogP contribution in [0.5, 0.6) is 0 Å². The lowest BCUT2D eigenvalue weighted by Gasteiger charge is -2.03. The van der Waals surface area contributed by atoms with E-state index in [1.165, 1.54) is 17.8 Å². The molecule has 0 unspecified atom stereocenters. The molecule has 0 spiro atoms. The van der Waals surface area contributed by atoms with E-state index in [4.69, 9.17) is 10.00 Å². The number of carbonyl (C=O) groups excluding carboxylic acids is 1. The second-order valence-corrected chi connectivity index (χ2v) is 6.26. The SMILES string of the molecule is CCOC(=O)/C=C/C(=C(\S)SCC#N)[n+]1cc(C)cc(C)c1. The number of rotatable bonds is 6. The third-order valence-corrected chi connectivity index (χ3v) is 3.95. The fourth-order valence-corrected chi connectivity index (χ4v) is 2.73. The van der Waals surface area contributed by atoms with Gasteiger partial charge in [0.15, 0.2) is 12.4 Å². The van der Waals surface area contributed by atoms with E-state index in [9.17, 15) is 4.79 Å². The highest BCUT2D eigenvalue weighted by Crippen LogP contribution is 2.24. The Morgan fingerprint density at radius 2 is 2.05 bits per heavy atom. The molecule has 0 saturated heterocycles. The van der Waals surface area contributed by atoms with Gasteiger partial charge in [-0.3, -0.25) is 0 Å². The maximum atomic E-state index is 11.5. The fourth-order valence-electron chi connectivity index (χ4n) is 1.83. The average Bonchev–Trinajstić information content (AvgIpc) is 2.44. The van der Waals surface area contributed by atoms with Crippen molar-refractivity contribution in [2.75, 3.05) is 12.4 Å². The van der Waals surface area contributed by atoms with Crippen LogP contribution in [0.25, 0.3) is 5.70 Å². The van der Waals surface area contributed by atoms with E-state index in [-0.39, 0.29) is 0 Å². The third kappa shape index (κ3) is 5.96. The molecule has 0 aliphatic rings. The minimum atomic E-state index is -0.406. The highest BCUT2D eigenvalue weighted by molar-refractivity contribution is 8.15. The van der Waals surface area contributed by atoms with Gasteiger partial charge in [0.25, 0.3) is 0 Å². The van der Waals surface area contributed by atoms with Crippen LogP contribution in [0.2, 0.25) is 0 Å². The van der Waals surface area contributed by atoms with Crippen LogP contribution in [-0.4, -0.2) is 18.3 Å². The number of aromatic nitrogens is 1. The van der Waals surface area contributed by atoms with Crippen molar-refractivity contribution in [3.05, 3.63) is 46.0 Å². The summed E-state index contributed by atoms with van der Waals surface area (Å²) in [6.07, 6.45) is 6.91. The topological polar surface area (TPSA) is 54.0 Å². The van der Waals surface area contributed by atoms with Gasteiger partial charge in [-0.15, -0.1) is 12.6 Å². The van der Waals surface area contributed by atoms with Crippen LogP contribution in [0.1, 0.15) is 18.1 Å².